The average molecular weight is 277 g/mol. The van der Waals surface area contributed by atoms with Crippen molar-refractivity contribution in [2.75, 3.05) is 13.1 Å². The van der Waals surface area contributed by atoms with E-state index in [-0.39, 0.29) is 6.04 Å². The molecule has 0 aliphatic carbocycles. The van der Waals surface area contributed by atoms with Crippen LogP contribution < -0.4 is 0 Å². The number of phenols is 1. The first-order valence-electron chi connectivity index (χ1n) is 7.93. The lowest BCUT2D eigenvalue weighted by Gasteiger charge is -2.31. The van der Waals surface area contributed by atoms with Gasteiger partial charge in [-0.15, -0.1) is 0 Å². The van der Waals surface area contributed by atoms with Crippen LogP contribution >= 0.6 is 0 Å². The maximum atomic E-state index is 10.1. The van der Waals surface area contributed by atoms with Crippen LogP contribution in [0.4, 0.5) is 0 Å². The van der Waals surface area contributed by atoms with Crippen molar-refractivity contribution in [2.45, 2.75) is 53.5 Å². The predicted molar refractivity (Wildman–Crippen MR) is 87.0 cm³/mol. The summed E-state index contributed by atoms with van der Waals surface area (Å²) in [4.78, 5) is 2.51. The molecule has 20 heavy (non-hydrogen) atoms. The van der Waals surface area contributed by atoms with Crippen LogP contribution in [0.3, 0.4) is 0 Å². The van der Waals surface area contributed by atoms with Gasteiger partial charge < -0.3 is 5.11 Å². The van der Waals surface area contributed by atoms with Gasteiger partial charge in [-0.05, 0) is 50.8 Å². The molecule has 1 rings (SSSR count). The quantitative estimate of drug-likeness (QED) is 0.734. The molecule has 0 aliphatic rings. The average Bonchev–Trinajstić information content (AvgIpc) is 2.38. The normalized spacial score (nSPS) is 13.4. The zero-order valence-corrected chi connectivity index (χ0v) is 13.8. The smallest absolute Gasteiger partial charge is 0.120 e. The Morgan fingerprint density at radius 2 is 1.40 bits per heavy atom. The summed E-state index contributed by atoms with van der Waals surface area (Å²) in [5.41, 5.74) is 1.04. The second kappa shape index (κ2) is 8.31. The lowest BCUT2D eigenvalue weighted by molar-refractivity contribution is 0.186. The van der Waals surface area contributed by atoms with Gasteiger partial charge in [0.05, 0.1) is 0 Å². The summed E-state index contributed by atoms with van der Waals surface area (Å²) in [6.07, 6.45) is 2.41. The largest absolute Gasteiger partial charge is 0.508 e. The first kappa shape index (κ1) is 17.0. The zero-order chi connectivity index (χ0) is 15.1. The van der Waals surface area contributed by atoms with Gasteiger partial charge in [0.1, 0.15) is 5.75 Å². The molecule has 0 spiro atoms. The molecule has 0 amide bonds. The molecule has 0 fully saturated rings. The van der Waals surface area contributed by atoms with E-state index < -0.39 is 0 Å². The lowest BCUT2D eigenvalue weighted by atomic mass is 10.0. The molecule has 0 bridgehead atoms. The molecule has 1 unspecified atom stereocenters. The van der Waals surface area contributed by atoms with Gasteiger partial charge >= 0.3 is 0 Å². The van der Waals surface area contributed by atoms with Gasteiger partial charge in [0.15, 0.2) is 0 Å². The SMILES string of the molecule is CC(C)CCN(CCC(C)C)C(C)c1ccccc1O. The topological polar surface area (TPSA) is 23.5 Å². The summed E-state index contributed by atoms with van der Waals surface area (Å²) in [7, 11) is 0. The van der Waals surface area contributed by atoms with Crippen LogP contribution in [0.2, 0.25) is 0 Å². The monoisotopic (exact) mass is 277 g/mol. The van der Waals surface area contributed by atoms with Crippen molar-refractivity contribution in [3.63, 3.8) is 0 Å². The van der Waals surface area contributed by atoms with Gasteiger partial charge in [0.25, 0.3) is 0 Å². The first-order chi connectivity index (χ1) is 9.41. The molecule has 2 heteroatoms. The third-order valence-electron chi connectivity index (χ3n) is 3.92. The number of hydrogen-bond acceptors (Lipinski definition) is 2. The predicted octanol–water partition coefficient (Wildman–Crippen LogP) is 4.85. The molecule has 2 nitrogen and oxygen atoms in total. The maximum Gasteiger partial charge on any atom is 0.120 e. The number of rotatable bonds is 8. The van der Waals surface area contributed by atoms with Crippen molar-refractivity contribution < 1.29 is 5.11 Å². The van der Waals surface area contributed by atoms with E-state index in [1.165, 1.54) is 12.8 Å². The maximum absolute atomic E-state index is 10.1. The molecule has 1 aromatic carbocycles. The summed E-state index contributed by atoms with van der Waals surface area (Å²) in [6, 6.07) is 7.99. The van der Waals surface area contributed by atoms with Crippen molar-refractivity contribution in [3.8, 4) is 5.75 Å². The molecule has 1 N–H and O–H groups in total. The Balaban J connectivity index is 2.77. The Bertz CT molecular complexity index is 375. The minimum Gasteiger partial charge on any atom is -0.508 e. The van der Waals surface area contributed by atoms with Gasteiger partial charge in [-0.25, -0.2) is 0 Å². The zero-order valence-electron chi connectivity index (χ0n) is 13.8. The Kier molecular flexibility index (Phi) is 7.08. The van der Waals surface area contributed by atoms with Crippen LogP contribution in [0.15, 0.2) is 24.3 Å². The second-order valence-corrected chi connectivity index (χ2v) is 6.64. The van der Waals surface area contributed by atoms with E-state index in [4.69, 9.17) is 0 Å². The van der Waals surface area contributed by atoms with Crippen LogP contribution in [0.5, 0.6) is 5.75 Å². The number of benzene rings is 1. The number of nitrogens with zero attached hydrogens (tertiary/aromatic N) is 1. The highest BCUT2D eigenvalue weighted by Crippen LogP contribution is 2.28. The van der Waals surface area contributed by atoms with E-state index >= 15 is 0 Å². The Hall–Kier alpha value is -1.02. The minimum atomic E-state index is 0.272. The van der Waals surface area contributed by atoms with E-state index in [1.807, 2.05) is 18.2 Å². The van der Waals surface area contributed by atoms with Gasteiger partial charge in [-0.3, -0.25) is 4.90 Å². The summed E-state index contributed by atoms with van der Waals surface area (Å²) in [5.74, 6) is 1.85. The van der Waals surface area contributed by atoms with Crippen molar-refractivity contribution in [1.29, 1.82) is 0 Å². The highest BCUT2D eigenvalue weighted by molar-refractivity contribution is 5.34. The Morgan fingerprint density at radius 1 is 0.900 bits per heavy atom. The fraction of sp³-hybridized carbons (Fsp3) is 0.667. The van der Waals surface area contributed by atoms with E-state index in [2.05, 4.69) is 39.5 Å². The van der Waals surface area contributed by atoms with E-state index in [0.717, 1.165) is 18.7 Å². The molecule has 114 valence electrons. The Morgan fingerprint density at radius 3 is 1.85 bits per heavy atom. The number of phenolic OH excluding ortho intramolecular Hbond substituents is 1. The van der Waals surface area contributed by atoms with E-state index in [0.29, 0.717) is 17.6 Å². The van der Waals surface area contributed by atoms with Crippen molar-refractivity contribution >= 4 is 0 Å². The second-order valence-electron chi connectivity index (χ2n) is 6.64. The van der Waals surface area contributed by atoms with Gasteiger partial charge in [0.2, 0.25) is 0 Å². The minimum absolute atomic E-state index is 0.272. The standard InChI is InChI=1S/C18H31NO/c1-14(2)10-12-19(13-11-15(3)4)16(5)17-8-6-7-9-18(17)20/h6-9,14-16,20H,10-13H2,1-5H3. The number of aromatic hydroxyl groups is 1. The van der Waals surface area contributed by atoms with E-state index in [9.17, 15) is 5.11 Å². The fourth-order valence-corrected chi connectivity index (χ4v) is 2.38. The fourth-order valence-electron chi connectivity index (χ4n) is 2.38. The molecule has 0 heterocycles. The van der Waals surface area contributed by atoms with Crippen molar-refractivity contribution in [1.82, 2.24) is 4.90 Å². The van der Waals surface area contributed by atoms with Crippen LogP contribution in [0.25, 0.3) is 0 Å². The molecule has 0 saturated carbocycles. The third-order valence-corrected chi connectivity index (χ3v) is 3.92. The van der Waals surface area contributed by atoms with Gasteiger partial charge in [-0.2, -0.15) is 0 Å². The summed E-state index contributed by atoms with van der Waals surface area (Å²) in [5, 5.41) is 10.1. The van der Waals surface area contributed by atoms with Crippen LogP contribution in [0.1, 0.15) is 59.1 Å². The summed E-state index contributed by atoms with van der Waals surface area (Å²) < 4.78 is 0. The molecule has 0 saturated heterocycles. The molecule has 0 radical (unpaired) electrons. The Labute approximate surface area is 124 Å². The van der Waals surface area contributed by atoms with Gasteiger partial charge in [-0.1, -0.05) is 45.9 Å². The summed E-state index contributed by atoms with van der Waals surface area (Å²) >= 11 is 0. The molecule has 0 aliphatic heterocycles. The highest BCUT2D eigenvalue weighted by Gasteiger charge is 2.18. The molecular weight excluding hydrogens is 246 g/mol. The molecule has 0 aromatic heterocycles. The van der Waals surface area contributed by atoms with Crippen LogP contribution in [-0.2, 0) is 0 Å². The van der Waals surface area contributed by atoms with Gasteiger partial charge in [0, 0.05) is 11.6 Å². The number of para-hydroxylation sites is 1. The summed E-state index contributed by atoms with van der Waals surface area (Å²) in [6.45, 7) is 13.5. The first-order valence-corrected chi connectivity index (χ1v) is 7.93. The molecular formula is C18H31NO. The highest BCUT2D eigenvalue weighted by atomic mass is 16.3. The lowest BCUT2D eigenvalue weighted by Crippen LogP contribution is -2.30. The third kappa shape index (κ3) is 5.54. The van der Waals surface area contributed by atoms with Crippen LogP contribution in [-0.4, -0.2) is 23.1 Å². The molecule has 1 atom stereocenters. The van der Waals surface area contributed by atoms with Crippen LogP contribution in [0, 0.1) is 11.8 Å². The van der Waals surface area contributed by atoms with Crippen molar-refractivity contribution in [2.24, 2.45) is 11.8 Å². The van der Waals surface area contributed by atoms with E-state index in [1.54, 1.807) is 6.07 Å². The molecule has 1 aromatic rings. The van der Waals surface area contributed by atoms with Crippen molar-refractivity contribution in [3.05, 3.63) is 29.8 Å². The number of hydrogen-bond donors (Lipinski definition) is 1.